The normalized spacial score (nSPS) is 13.4. The van der Waals surface area contributed by atoms with Crippen LogP contribution < -0.4 is 0 Å². The highest BCUT2D eigenvalue weighted by Gasteiger charge is 1.96. The zero-order chi connectivity index (χ0) is 14.3. The lowest BCUT2D eigenvalue weighted by atomic mass is 10.2. The Balaban J connectivity index is 3.49. The summed E-state index contributed by atoms with van der Waals surface area (Å²) in [6, 6.07) is 0. The number of aldehydes is 1. The average Bonchev–Trinajstić information content (AvgIpc) is 2.43. The fourth-order valence-corrected chi connectivity index (χ4v) is 1.37. The van der Waals surface area contributed by atoms with Crippen LogP contribution in [0, 0.1) is 5.92 Å². The van der Waals surface area contributed by atoms with Gasteiger partial charge in [0.15, 0.2) is 0 Å². The average molecular weight is 264 g/mol. The summed E-state index contributed by atoms with van der Waals surface area (Å²) >= 11 is 0. The van der Waals surface area contributed by atoms with Gasteiger partial charge in [0.25, 0.3) is 0 Å². The monoisotopic (exact) mass is 264 g/mol. The number of unbranched alkanes of at least 4 members (excludes halogenated alkanes) is 1. The summed E-state index contributed by atoms with van der Waals surface area (Å²) in [5, 5.41) is 0. The maximum absolute atomic E-state index is 10.8. The van der Waals surface area contributed by atoms with Gasteiger partial charge in [-0.25, -0.2) is 0 Å². The summed E-state index contributed by atoms with van der Waals surface area (Å²) in [7, 11) is 1.41. The van der Waals surface area contributed by atoms with Gasteiger partial charge in [-0.2, -0.15) is 0 Å². The van der Waals surface area contributed by atoms with E-state index in [9.17, 15) is 9.59 Å². The first kappa shape index (κ1) is 17.4. The molecule has 3 heteroatoms. The van der Waals surface area contributed by atoms with Crippen LogP contribution in [0.2, 0.25) is 0 Å². The Morgan fingerprint density at radius 1 is 1.11 bits per heavy atom. The van der Waals surface area contributed by atoms with Crippen molar-refractivity contribution in [2.75, 3.05) is 7.11 Å². The molecule has 0 bridgehead atoms. The third-order valence-electron chi connectivity index (χ3n) is 2.51. The van der Waals surface area contributed by atoms with E-state index in [0.29, 0.717) is 6.42 Å². The molecule has 0 aliphatic heterocycles. The quantitative estimate of drug-likeness (QED) is 0.262. The number of esters is 1. The summed E-state index contributed by atoms with van der Waals surface area (Å²) < 4.78 is 4.56. The summed E-state index contributed by atoms with van der Waals surface area (Å²) in [5.41, 5.74) is 0. The number of allylic oxidation sites excluding steroid dienone is 6. The first-order valence-electron chi connectivity index (χ1n) is 6.69. The van der Waals surface area contributed by atoms with Crippen molar-refractivity contribution in [3.05, 3.63) is 36.5 Å². The zero-order valence-electron chi connectivity index (χ0n) is 11.9. The number of carbonyl (C=O) groups is 2. The van der Waals surface area contributed by atoms with Crippen LogP contribution in [0.25, 0.3) is 0 Å². The lowest BCUT2D eigenvalue weighted by molar-refractivity contribution is -0.140. The Hall–Kier alpha value is -1.64. The molecule has 0 spiro atoms. The van der Waals surface area contributed by atoms with E-state index in [1.807, 2.05) is 19.1 Å². The molecular weight excluding hydrogens is 240 g/mol. The summed E-state index contributed by atoms with van der Waals surface area (Å²) in [6.45, 7) is 1.87. The van der Waals surface area contributed by atoms with E-state index >= 15 is 0 Å². The van der Waals surface area contributed by atoms with Gasteiger partial charge in [0, 0.05) is 12.3 Å². The lowest BCUT2D eigenvalue weighted by Gasteiger charge is -1.95. The molecule has 0 aromatic carbocycles. The van der Waals surface area contributed by atoms with Gasteiger partial charge in [-0.1, -0.05) is 43.4 Å². The van der Waals surface area contributed by atoms with Crippen molar-refractivity contribution in [3.63, 3.8) is 0 Å². The minimum absolute atomic E-state index is 0.00288. The maximum Gasteiger partial charge on any atom is 0.305 e. The van der Waals surface area contributed by atoms with Crippen molar-refractivity contribution in [3.8, 4) is 0 Å². The topological polar surface area (TPSA) is 43.4 Å². The Labute approximate surface area is 116 Å². The van der Waals surface area contributed by atoms with Gasteiger partial charge in [-0.3, -0.25) is 4.79 Å². The Morgan fingerprint density at radius 2 is 1.74 bits per heavy atom. The van der Waals surface area contributed by atoms with Gasteiger partial charge in [0.1, 0.15) is 6.29 Å². The highest BCUT2D eigenvalue weighted by molar-refractivity contribution is 5.69. The van der Waals surface area contributed by atoms with Crippen molar-refractivity contribution in [1.82, 2.24) is 0 Å². The molecule has 0 aromatic heterocycles. The van der Waals surface area contributed by atoms with E-state index in [2.05, 4.69) is 29.0 Å². The fraction of sp³-hybridized carbons (Fsp3) is 0.500. The van der Waals surface area contributed by atoms with Gasteiger partial charge < -0.3 is 9.53 Å². The highest BCUT2D eigenvalue weighted by atomic mass is 16.5. The van der Waals surface area contributed by atoms with E-state index in [0.717, 1.165) is 32.0 Å². The molecule has 19 heavy (non-hydrogen) atoms. The van der Waals surface area contributed by atoms with Crippen LogP contribution in [0.5, 0.6) is 0 Å². The fourth-order valence-electron chi connectivity index (χ4n) is 1.37. The third-order valence-corrected chi connectivity index (χ3v) is 2.51. The van der Waals surface area contributed by atoms with Crippen molar-refractivity contribution in [2.45, 2.75) is 39.0 Å². The molecule has 0 aromatic rings. The van der Waals surface area contributed by atoms with E-state index in [-0.39, 0.29) is 11.9 Å². The molecule has 1 atom stereocenters. The molecule has 0 fully saturated rings. The van der Waals surface area contributed by atoms with E-state index < -0.39 is 0 Å². The van der Waals surface area contributed by atoms with E-state index in [1.54, 1.807) is 0 Å². The van der Waals surface area contributed by atoms with Gasteiger partial charge >= 0.3 is 5.97 Å². The van der Waals surface area contributed by atoms with E-state index in [1.165, 1.54) is 7.11 Å². The molecule has 0 radical (unpaired) electrons. The summed E-state index contributed by atoms with van der Waals surface area (Å²) in [6.07, 6.45) is 17.1. The number of hydrogen-bond acceptors (Lipinski definition) is 3. The third kappa shape index (κ3) is 12.6. The molecule has 0 amide bonds. The maximum atomic E-state index is 10.8. The minimum atomic E-state index is -0.148. The van der Waals surface area contributed by atoms with Crippen molar-refractivity contribution < 1.29 is 14.3 Å². The lowest BCUT2D eigenvalue weighted by Crippen LogP contribution is -1.98. The Bertz CT molecular complexity index is 327. The summed E-state index contributed by atoms with van der Waals surface area (Å²) in [5.74, 6) is -0.146. The summed E-state index contributed by atoms with van der Waals surface area (Å²) in [4.78, 5) is 21.2. The largest absolute Gasteiger partial charge is 0.469 e. The molecule has 0 aliphatic carbocycles. The molecular formula is C16H24O3. The van der Waals surface area contributed by atoms with Crippen LogP contribution in [-0.4, -0.2) is 19.4 Å². The van der Waals surface area contributed by atoms with Crippen molar-refractivity contribution in [1.29, 1.82) is 0 Å². The second kappa shape index (κ2) is 12.8. The molecule has 0 heterocycles. The molecule has 106 valence electrons. The van der Waals surface area contributed by atoms with Crippen LogP contribution in [0.15, 0.2) is 36.5 Å². The van der Waals surface area contributed by atoms with Crippen LogP contribution >= 0.6 is 0 Å². The number of methoxy groups -OCH3 is 1. The number of ether oxygens (including phenoxy) is 1. The van der Waals surface area contributed by atoms with E-state index in [4.69, 9.17) is 0 Å². The molecule has 0 N–H and O–H groups in total. The van der Waals surface area contributed by atoms with Crippen molar-refractivity contribution in [2.24, 2.45) is 5.92 Å². The zero-order valence-corrected chi connectivity index (χ0v) is 11.9. The SMILES string of the molecule is COC(=O)CCCC=CC/C=C\C/C=C\C(C)C=O. The second-order valence-electron chi connectivity index (χ2n) is 4.31. The molecule has 0 aliphatic rings. The van der Waals surface area contributed by atoms with Gasteiger partial charge in [-0.05, 0) is 25.7 Å². The van der Waals surface area contributed by atoms with Gasteiger partial charge in [-0.15, -0.1) is 0 Å². The molecule has 1 unspecified atom stereocenters. The van der Waals surface area contributed by atoms with Gasteiger partial charge in [0.2, 0.25) is 0 Å². The number of rotatable bonds is 10. The number of hydrogen-bond donors (Lipinski definition) is 0. The Kier molecular flexibility index (Phi) is 11.7. The molecule has 3 nitrogen and oxygen atoms in total. The van der Waals surface area contributed by atoms with Crippen LogP contribution in [0.4, 0.5) is 0 Å². The highest BCUT2D eigenvalue weighted by Crippen LogP contribution is 2.00. The Morgan fingerprint density at radius 3 is 2.37 bits per heavy atom. The molecule has 0 saturated carbocycles. The predicted molar refractivity (Wildman–Crippen MR) is 77.7 cm³/mol. The predicted octanol–water partition coefficient (Wildman–Crippen LogP) is 3.61. The van der Waals surface area contributed by atoms with Gasteiger partial charge in [0.05, 0.1) is 7.11 Å². The standard InChI is InChI=1S/C16H24O3/c1-15(14-17)12-10-8-6-4-3-5-7-9-11-13-16(18)19-2/h4-7,10,12,14-15H,3,8-9,11,13H2,1-2H3/b6-4-,7-5?,12-10-. The number of carbonyl (C=O) groups excluding carboxylic acids is 2. The van der Waals surface area contributed by atoms with Crippen molar-refractivity contribution >= 4 is 12.3 Å². The first-order valence-corrected chi connectivity index (χ1v) is 6.69. The van der Waals surface area contributed by atoms with Crippen LogP contribution in [0.1, 0.15) is 39.0 Å². The van der Waals surface area contributed by atoms with Crippen LogP contribution in [0.3, 0.4) is 0 Å². The molecule has 0 saturated heterocycles. The minimum Gasteiger partial charge on any atom is -0.469 e. The smallest absolute Gasteiger partial charge is 0.305 e. The van der Waals surface area contributed by atoms with Crippen LogP contribution in [-0.2, 0) is 14.3 Å². The first-order chi connectivity index (χ1) is 9.20. The second-order valence-corrected chi connectivity index (χ2v) is 4.31. The molecule has 0 rings (SSSR count).